The van der Waals surface area contributed by atoms with Gasteiger partial charge < -0.3 is 10.1 Å². The van der Waals surface area contributed by atoms with Crippen molar-refractivity contribution in [3.05, 3.63) is 74.8 Å². The summed E-state index contributed by atoms with van der Waals surface area (Å²) >= 11 is 5.96. The molecule has 0 radical (unpaired) electrons. The number of halogens is 1. The van der Waals surface area contributed by atoms with Crippen molar-refractivity contribution in [3.8, 4) is 0 Å². The number of carbonyl (C=O) groups is 2. The molecular formula is C18H15ClN2O5. The molecule has 0 aliphatic rings. The second-order valence-electron chi connectivity index (χ2n) is 5.24. The normalized spacial score (nSPS) is 10.5. The number of anilines is 1. The van der Waals surface area contributed by atoms with E-state index in [0.29, 0.717) is 16.1 Å². The maximum Gasteiger partial charge on any atom is 0.331 e. The van der Waals surface area contributed by atoms with Gasteiger partial charge in [0.25, 0.3) is 11.6 Å². The molecule has 0 aliphatic carbocycles. The summed E-state index contributed by atoms with van der Waals surface area (Å²) in [5.41, 5.74) is 0.997. The van der Waals surface area contributed by atoms with Crippen molar-refractivity contribution in [3.63, 3.8) is 0 Å². The lowest BCUT2D eigenvalue weighted by molar-refractivity contribution is -0.384. The second-order valence-corrected chi connectivity index (χ2v) is 5.64. The van der Waals surface area contributed by atoms with Gasteiger partial charge in [-0.15, -0.1) is 0 Å². The lowest BCUT2D eigenvalue weighted by atomic mass is 10.1. The quantitative estimate of drug-likeness (QED) is 0.359. The number of esters is 1. The minimum absolute atomic E-state index is 0.0742. The average Bonchev–Trinajstić information content (AvgIpc) is 2.60. The molecule has 0 aromatic heterocycles. The summed E-state index contributed by atoms with van der Waals surface area (Å²) < 4.78 is 4.83. The lowest BCUT2D eigenvalue weighted by Crippen LogP contribution is -2.21. The molecule has 0 bridgehead atoms. The molecule has 7 nitrogen and oxygen atoms in total. The second kappa shape index (κ2) is 8.77. The molecule has 2 aromatic rings. The van der Waals surface area contributed by atoms with Gasteiger partial charge in [-0.05, 0) is 30.2 Å². The van der Waals surface area contributed by atoms with E-state index in [1.807, 2.05) is 0 Å². The molecule has 0 saturated heterocycles. The Hall–Kier alpha value is -3.19. The fourth-order valence-corrected chi connectivity index (χ4v) is 2.29. The standard InChI is InChI=1S/C18H15ClN2O5/c1-12-5-4-8-15(21(24)25)18(12)20-16(22)11-26-17(23)10-9-13-6-2-3-7-14(13)19/h2-10H,11H2,1H3,(H,20,22)/b10-9+. The molecule has 0 heterocycles. The number of hydrogen-bond acceptors (Lipinski definition) is 5. The Kier molecular flexibility index (Phi) is 6.46. The summed E-state index contributed by atoms with van der Waals surface area (Å²) in [5, 5.41) is 13.9. The molecule has 1 N–H and O–H groups in total. The predicted octanol–water partition coefficient (Wildman–Crippen LogP) is 3.75. The minimum atomic E-state index is -0.737. The molecule has 8 heteroatoms. The molecule has 0 unspecified atom stereocenters. The molecule has 0 saturated carbocycles. The Labute approximate surface area is 154 Å². The number of nitrogens with zero attached hydrogens (tertiary/aromatic N) is 1. The highest BCUT2D eigenvalue weighted by atomic mass is 35.5. The monoisotopic (exact) mass is 374 g/mol. The van der Waals surface area contributed by atoms with E-state index in [1.165, 1.54) is 18.2 Å². The molecule has 2 rings (SSSR count). The van der Waals surface area contributed by atoms with Crippen LogP contribution in [0.2, 0.25) is 5.02 Å². The first-order valence-electron chi connectivity index (χ1n) is 7.51. The Morgan fingerprint density at radius 1 is 1.23 bits per heavy atom. The van der Waals surface area contributed by atoms with E-state index in [0.717, 1.165) is 6.08 Å². The van der Waals surface area contributed by atoms with Gasteiger partial charge in [0.05, 0.1) is 4.92 Å². The van der Waals surface area contributed by atoms with Crippen LogP contribution < -0.4 is 5.32 Å². The third kappa shape index (κ3) is 5.15. The third-order valence-electron chi connectivity index (χ3n) is 3.36. The first kappa shape index (κ1) is 19.1. The number of carbonyl (C=O) groups excluding carboxylic acids is 2. The van der Waals surface area contributed by atoms with Crippen molar-refractivity contribution in [2.24, 2.45) is 0 Å². The topological polar surface area (TPSA) is 98.5 Å². The summed E-state index contributed by atoms with van der Waals surface area (Å²) in [6.45, 7) is 1.05. The van der Waals surface area contributed by atoms with Gasteiger partial charge in [0, 0.05) is 17.2 Å². The summed E-state index contributed by atoms with van der Waals surface area (Å²) in [6.07, 6.45) is 2.61. The van der Waals surface area contributed by atoms with Crippen LogP contribution in [0.15, 0.2) is 48.5 Å². The number of ether oxygens (including phenoxy) is 1. The van der Waals surface area contributed by atoms with Crippen LogP contribution in [0.3, 0.4) is 0 Å². The minimum Gasteiger partial charge on any atom is -0.452 e. The number of amides is 1. The van der Waals surface area contributed by atoms with E-state index in [2.05, 4.69) is 5.32 Å². The van der Waals surface area contributed by atoms with Crippen molar-refractivity contribution in [2.45, 2.75) is 6.92 Å². The fraction of sp³-hybridized carbons (Fsp3) is 0.111. The average molecular weight is 375 g/mol. The van der Waals surface area contributed by atoms with Crippen molar-refractivity contribution < 1.29 is 19.2 Å². The number of nitro groups is 1. The molecule has 0 fully saturated rings. The van der Waals surface area contributed by atoms with E-state index in [9.17, 15) is 19.7 Å². The Morgan fingerprint density at radius 3 is 2.65 bits per heavy atom. The predicted molar refractivity (Wildman–Crippen MR) is 97.9 cm³/mol. The van der Waals surface area contributed by atoms with E-state index in [4.69, 9.17) is 16.3 Å². The van der Waals surface area contributed by atoms with Gasteiger partial charge in [-0.25, -0.2) is 4.79 Å². The van der Waals surface area contributed by atoms with Crippen LogP contribution in [0.1, 0.15) is 11.1 Å². The van der Waals surface area contributed by atoms with E-state index in [-0.39, 0.29) is 11.4 Å². The van der Waals surface area contributed by atoms with Gasteiger partial charge in [0.1, 0.15) is 5.69 Å². The van der Waals surface area contributed by atoms with E-state index in [1.54, 1.807) is 37.3 Å². The molecule has 2 aromatic carbocycles. The molecule has 134 valence electrons. The number of para-hydroxylation sites is 1. The smallest absolute Gasteiger partial charge is 0.331 e. The Bertz CT molecular complexity index is 880. The van der Waals surface area contributed by atoms with Gasteiger partial charge in [0.2, 0.25) is 0 Å². The van der Waals surface area contributed by atoms with Crippen molar-refractivity contribution in [1.29, 1.82) is 0 Å². The summed E-state index contributed by atoms with van der Waals surface area (Å²) in [4.78, 5) is 34.0. The fourth-order valence-electron chi connectivity index (χ4n) is 2.10. The first-order chi connectivity index (χ1) is 12.4. The SMILES string of the molecule is Cc1cccc([N+](=O)[O-])c1NC(=O)COC(=O)/C=C/c1ccccc1Cl. The van der Waals surface area contributed by atoms with Crippen LogP contribution in [0.5, 0.6) is 0 Å². The van der Waals surface area contributed by atoms with Crippen LogP contribution in [-0.2, 0) is 14.3 Å². The van der Waals surface area contributed by atoms with Gasteiger partial charge in [-0.3, -0.25) is 14.9 Å². The van der Waals surface area contributed by atoms with Crippen molar-refractivity contribution in [2.75, 3.05) is 11.9 Å². The highest BCUT2D eigenvalue weighted by molar-refractivity contribution is 6.32. The van der Waals surface area contributed by atoms with Crippen LogP contribution in [0.4, 0.5) is 11.4 Å². The number of benzene rings is 2. The highest BCUT2D eigenvalue weighted by Gasteiger charge is 2.18. The molecule has 1 amide bonds. The maximum atomic E-state index is 11.9. The number of nitrogens with one attached hydrogen (secondary N) is 1. The first-order valence-corrected chi connectivity index (χ1v) is 7.89. The summed E-state index contributed by atoms with van der Waals surface area (Å²) in [5.74, 6) is -1.42. The summed E-state index contributed by atoms with van der Waals surface area (Å²) in [7, 11) is 0. The van der Waals surface area contributed by atoms with E-state index < -0.39 is 23.4 Å². The van der Waals surface area contributed by atoms with Crippen LogP contribution in [-0.4, -0.2) is 23.4 Å². The van der Waals surface area contributed by atoms with Crippen LogP contribution >= 0.6 is 11.6 Å². The Morgan fingerprint density at radius 2 is 1.96 bits per heavy atom. The number of nitro benzene ring substituents is 1. The molecule has 26 heavy (non-hydrogen) atoms. The van der Waals surface area contributed by atoms with Crippen molar-refractivity contribution in [1.82, 2.24) is 0 Å². The lowest BCUT2D eigenvalue weighted by Gasteiger charge is -2.08. The number of rotatable bonds is 6. The van der Waals surface area contributed by atoms with Gasteiger partial charge in [-0.1, -0.05) is 41.9 Å². The highest BCUT2D eigenvalue weighted by Crippen LogP contribution is 2.27. The molecular weight excluding hydrogens is 360 g/mol. The van der Waals surface area contributed by atoms with E-state index >= 15 is 0 Å². The molecule has 0 aliphatic heterocycles. The molecule has 0 spiro atoms. The van der Waals surface area contributed by atoms with Crippen LogP contribution in [0.25, 0.3) is 6.08 Å². The number of aryl methyl sites for hydroxylation is 1. The zero-order chi connectivity index (χ0) is 19.1. The number of hydrogen-bond donors (Lipinski definition) is 1. The molecule has 0 atom stereocenters. The zero-order valence-corrected chi connectivity index (χ0v) is 14.5. The van der Waals surface area contributed by atoms with Gasteiger partial charge >= 0.3 is 5.97 Å². The van der Waals surface area contributed by atoms with Crippen molar-refractivity contribution >= 4 is 40.9 Å². The zero-order valence-electron chi connectivity index (χ0n) is 13.8. The maximum absolute atomic E-state index is 11.9. The third-order valence-corrected chi connectivity index (χ3v) is 3.71. The van der Waals surface area contributed by atoms with Crippen LogP contribution in [0, 0.1) is 17.0 Å². The van der Waals surface area contributed by atoms with Gasteiger partial charge in [0.15, 0.2) is 6.61 Å². The summed E-state index contributed by atoms with van der Waals surface area (Å²) in [6, 6.07) is 11.3. The Balaban J connectivity index is 1.94. The van der Waals surface area contributed by atoms with Gasteiger partial charge in [-0.2, -0.15) is 0 Å². The largest absolute Gasteiger partial charge is 0.452 e.